The van der Waals surface area contributed by atoms with Crippen molar-refractivity contribution in [3.05, 3.63) is 187 Å². The van der Waals surface area contributed by atoms with Crippen molar-refractivity contribution in [2.75, 3.05) is 4.90 Å². The summed E-state index contributed by atoms with van der Waals surface area (Å²) in [6.45, 7) is 4.73. The maximum atomic E-state index is 6.46. The van der Waals surface area contributed by atoms with Gasteiger partial charge in [0.1, 0.15) is 11.2 Å². The van der Waals surface area contributed by atoms with Crippen LogP contribution < -0.4 is 4.90 Å². The Morgan fingerprint density at radius 1 is 0.412 bits per heavy atom. The Balaban J connectivity index is 1.22. The van der Waals surface area contributed by atoms with Crippen molar-refractivity contribution in [2.45, 2.75) is 19.3 Å². The lowest BCUT2D eigenvalue weighted by Gasteiger charge is -2.29. The van der Waals surface area contributed by atoms with E-state index in [4.69, 9.17) is 4.42 Å². The third-order valence-electron chi connectivity index (χ3n) is 10.8. The molecule has 0 amide bonds. The highest BCUT2D eigenvalue weighted by Gasteiger charge is 2.37. The number of hydrogen-bond donors (Lipinski definition) is 0. The van der Waals surface area contributed by atoms with Gasteiger partial charge in [0.05, 0.1) is 0 Å². The van der Waals surface area contributed by atoms with Gasteiger partial charge in [0, 0.05) is 39.3 Å². The molecule has 0 bridgehead atoms. The molecule has 1 heterocycles. The van der Waals surface area contributed by atoms with Gasteiger partial charge in [-0.1, -0.05) is 141 Å². The number of furan rings is 1. The number of fused-ring (bicyclic) bond motifs is 7. The minimum Gasteiger partial charge on any atom is -0.456 e. The first kappa shape index (κ1) is 29.5. The summed E-state index contributed by atoms with van der Waals surface area (Å²) in [7, 11) is 0. The van der Waals surface area contributed by atoms with Gasteiger partial charge in [-0.2, -0.15) is 0 Å². The molecule has 10 rings (SSSR count). The van der Waals surface area contributed by atoms with E-state index >= 15 is 0 Å². The van der Waals surface area contributed by atoms with E-state index in [1.54, 1.807) is 0 Å². The van der Waals surface area contributed by atoms with Gasteiger partial charge in [-0.15, -0.1) is 0 Å². The highest BCUT2D eigenvalue weighted by molar-refractivity contribution is 6.07. The maximum absolute atomic E-state index is 6.46. The molecule has 2 heteroatoms. The van der Waals surface area contributed by atoms with E-state index < -0.39 is 0 Å². The smallest absolute Gasteiger partial charge is 0.137 e. The monoisotopic (exact) mass is 653 g/mol. The maximum Gasteiger partial charge on any atom is 0.137 e. The molecule has 2 nitrogen and oxygen atoms in total. The summed E-state index contributed by atoms with van der Waals surface area (Å²) in [5.41, 5.74) is 15.1. The molecule has 0 fully saturated rings. The van der Waals surface area contributed by atoms with Crippen molar-refractivity contribution >= 4 is 49.8 Å². The third-order valence-corrected chi connectivity index (χ3v) is 10.8. The Morgan fingerprint density at radius 3 is 1.86 bits per heavy atom. The molecule has 1 aliphatic rings. The predicted octanol–water partition coefficient (Wildman–Crippen LogP) is 13.8. The number of rotatable bonds is 5. The lowest BCUT2D eigenvalue weighted by molar-refractivity contribution is 0.660. The largest absolute Gasteiger partial charge is 0.456 e. The molecule has 0 saturated carbocycles. The van der Waals surface area contributed by atoms with Gasteiger partial charge in [-0.05, 0) is 97.7 Å². The molecule has 242 valence electrons. The summed E-state index contributed by atoms with van der Waals surface area (Å²) in [5, 5.41) is 4.69. The minimum atomic E-state index is -0.182. The van der Waals surface area contributed by atoms with E-state index in [-0.39, 0.29) is 5.41 Å². The molecule has 1 aliphatic carbocycles. The van der Waals surface area contributed by atoms with Crippen LogP contribution in [0.4, 0.5) is 17.1 Å². The number of hydrogen-bond acceptors (Lipinski definition) is 2. The Kier molecular flexibility index (Phi) is 6.56. The second kappa shape index (κ2) is 11.3. The lowest BCUT2D eigenvalue weighted by atomic mass is 9.81. The fraction of sp³-hybridized carbons (Fsp3) is 0.0612. The molecule has 9 aromatic rings. The molecule has 51 heavy (non-hydrogen) atoms. The zero-order chi connectivity index (χ0) is 34.1. The summed E-state index contributed by atoms with van der Waals surface area (Å²) in [4.78, 5) is 2.41. The van der Waals surface area contributed by atoms with E-state index in [0.29, 0.717) is 0 Å². The molecule has 1 aromatic heterocycles. The topological polar surface area (TPSA) is 16.4 Å². The third kappa shape index (κ3) is 4.64. The predicted molar refractivity (Wildman–Crippen MR) is 214 cm³/mol. The van der Waals surface area contributed by atoms with Crippen molar-refractivity contribution in [3.63, 3.8) is 0 Å². The standard InChI is InChI=1S/C49H35NO/c1-49(2)44-22-13-21-39(32-14-5-3-6-15-32)48(44)42-27-25-35(30-45(42)49)50(36-24-26-41-40-20-11-12-23-46(40)51-47(41)31-36)37-28-34-18-9-10-19-38(34)43(29-37)33-16-7-4-8-17-33/h3-31H,1-2H3. The van der Waals surface area contributed by atoms with Gasteiger partial charge in [-0.3, -0.25) is 0 Å². The van der Waals surface area contributed by atoms with Crippen molar-refractivity contribution in [1.29, 1.82) is 0 Å². The molecule has 0 atom stereocenters. The summed E-state index contributed by atoms with van der Waals surface area (Å²) >= 11 is 0. The molecule has 0 N–H and O–H groups in total. The second-order valence-corrected chi connectivity index (χ2v) is 14.1. The fourth-order valence-electron chi connectivity index (χ4n) is 8.35. The Morgan fingerprint density at radius 2 is 1.06 bits per heavy atom. The van der Waals surface area contributed by atoms with Crippen molar-refractivity contribution in [2.24, 2.45) is 0 Å². The van der Waals surface area contributed by atoms with Gasteiger partial charge in [0.2, 0.25) is 0 Å². The van der Waals surface area contributed by atoms with Crippen LogP contribution >= 0.6 is 0 Å². The summed E-state index contributed by atoms with van der Waals surface area (Å²) in [5.74, 6) is 0. The molecule has 0 spiro atoms. The van der Waals surface area contributed by atoms with Crippen LogP contribution in [0.2, 0.25) is 0 Å². The van der Waals surface area contributed by atoms with E-state index in [2.05, 4.69) is 183 Å². The van der Waals surface area contributed by atoms with Gasteiger partial charge >= 0.3 is 0 Å². The van der Waals surface area contributed by atoms with Crippen LogP contribution in [0.3, 0.4) is 0 Å². The number of benzene rings is 8. The van der Waals surface area contributed by atoms with Gasteiger partial charge in [0.15, 0.2) is 0 Å². The average molecular weight is 654 g/mol. The molecule has 0 aliphatic heterocycles. The highest BCUT2D eigenvalue weighted by atomic mass is 16.3. The SMILES string of the molecule is CC1(C)c2cc(N(c3cc(-c4ccccc4)c4ccccc4c3)c3ccc4c(c3)oc3ccccc34)ccc2-c2c(-c3ccccc3)cccc21. The van der Waals surface area contributed by atoms with Crippen LogP contribution in [0.5, 0.6) is 0 Å². The minimum absolute atomic E-state index is 0.182. The van der Waals surface area contributed by atoms with E-state index in [1.165, 1.54) is 55.3 Å². The first-order valence-corrected chi connectivity index (χ1v) is 17.7. The lowest BCUT2D eigenvalue weighted by Crippen LogP contribution is -2.16. The molecular formula is C49H35NO. The summed E-state index contributed by atoms with van der Waals surface area (Å²) in [6, 6.07) is 63.7. The van der Waals surface area contributed by atoms with Crippen LogP contribution in [-0.2, 0) is 5.41 Å². The van der Waals surface area contributed by atoms with Gasteiger partial charge in [-0.25, -0.2) is 0 Å². The van der Waals surface area contributed by atoms with Crippen LogP contribution in [0.1, 0.15) is 25.0 Å². The zero-order valence-corrected chi connectivity index (χ0v) is 28.6. The number of para-hydroxylation sites is 1. The average Bonchev–Trinajstić information content (AvgIpc) is 3.66. The Hall–Kier alpha value is -6.38. The fourth-order valence-corrected chi connectivity index (χ4v) is 8.35. The zero-order valence-electron chi connectivity index (χ0n) is 28.6. The summed E-state index contributed by atoms with van der Waals surface area (Å²) < 4.78 is 6.46. The van der Waals surface area contributed by atoms with E-state index in [0.717, 1.165) is 39.0 Å². The van der Waals surface area contributed by atoms with Gasteiger partial charge in [0.25, 0.3) is 0 Å². The van der Waals surface area contributed by atoms with Crippen LogP contribution in [0.25, 0.3) is 66.1 Å². The Bertz CT molecular complexity index is 2770. The summed E-state index contributed by atoms with van der Waals surface area (Å²) in [6.07, 6.45) is 0. The van der Waals surface area contributed by atoms with Crippen molar-refractivity contribution in [3.8, 4) is 33.4 Å². The number of nitrogens with zero attached hydrogens (tertiary/aromatic N) is 1. The number of anilines is 3. The van der Waals surface area contributed by atoms with E-state index in [1.807, 2.05) is 12.1 Å². The van der Waals surface area contributed by atoms with E-state index in [9.17, 15) is 0 Å². The molecule has 0 saturated heterocycles. The van der Waals surface area contributed by atoms with Crippen LogP contribution in [0, 0.1) is 0 Å². The van der Waals surface area contributed by atoms with Crippen molar-refractivity contribution in [1.82, 2.24) is 0 Å². The van der Waals surface area contributed by atoms with Crippen LogP contribution in [-0.4, -0.2) is 0 Å². The first-order valence-electron chi connectivity index (χ1n) is 17.7. The second-order valence-electron chi connectivity index (χ2n) is 14.1. The van der Waals surface area contributed by atoms with Crippen LogP contribution in [0.15, 0.2) is 180 Å². The highest BCUT2D eigenvalue weighted by Crippen LogP contribution is 2.54. The molecule has 0 radical (unpaired) electrons. The normalized spacial score (nSPS) is 13.1. The van der Waals surface area contributed by atoms with Gasteiger partial charge < -0.3 is 9.32 Å². The van der Waals surface area contributed by atoms with Crippen molar-refractivity contribution < 1.29 is 4.42 Å². The first-order chi connectivity index (χ1) is 25.0. The quantitative estimate of drug-likeness (QED) is 0.184. The molecular weight excluding hydrogens is 619 g/mol. The molecule has 8 aromatic carbocycles. The Labute approximate surface area is 297 Å². The molecule has 0 unspecified atom stereocenters.